The normalized spacial score (nSPS) is 25.1. The number of benzene rings is 4. The largest absolute Gasteiger partial charge is 0.494 e. The van der Waals surface area contributed by atoms with E-state index in [2.05, 4.69) is 0 Å². The van der Waals surface area contributed by atoms with Crippen molar-refractivity contribution in [2.45, 2.75) is 37.2 Å². The lowest BCUT2D eigenvalue weighted by atomic mass is 9.79. The van der Waals surface area contributed by atoms with Crippen molar-refractivity contribution in [1.82, 2.24) is 0 Å². The van der Waals surface area contributed by atoms with Crippen molar-refractivity contribution >= 4 is 33.1 Å². The monoisotopic (exact) mass is 546 g/mol. The fourth-order valence-corrected chi connectivity index (χ4v) is 7.46. The Bertz CT molecular complexity index is 2000. The van der Waals surface area contributed by atoms with E-state index in [9.17, 15) is 14.9 Å². The minimum absolute atomic E-state index is 0.0390. The predicted octanol–water partition coefficient (Wildman–Crippen LogP) is 6.46. The zero-order valence-corrected chi connectivity index (χ0v) is 22.3. The topological polar surface area (TPSA) is 118 Å². The molecule has 0 bridgehead atoms. The molecule has 2 N–H and O–H groups in total. The molecule has 4 aromatic carbocycles. The van der Waals surface area contributed by atoms with Crippen LogP contribution in [0.5, 0.6) is 11.5 Å². The van der Waals surface area contributed by atoms with Crippen molar-refractivity contribution in [2.24, 2.45) is 5.41 Å². The summed E-state index contributed by atoms with van der Waals surface area (Å²) in [5.74, 6) is 0.806. The molecule has 2 heterocycles. The summed E-state index contributed by atoms with van der Waals surface area (Å²) in [5.41, 5.74) is 8.64. The maximum atomic E-state index is 13.7. The Labute approximate surface area is 234 Å². The number of nitro groups is 1. The summed E-state index contributed by atoms with van der Waals surface area (Å²) in [7, 11) is 0. The summed E-state index contributed by atoms with van der Waals surface area (Å²) >= 11 is 0. The van der Waals surface area contributed by atoms with Crippen LogP contribution in [0.3, 0.4) is 0 Å². The summed E-state index contributed by atoms with van der Waals surface area (Å²) < 4.78 is 18.6. The molecule has 8 nitrogen and oxygen atoms in total. The lowest BCUT2D eigenvalue weighted by molar-refractivity contribution is -0.384. The van der Waals surface area contributed by atoms with Gasteiger partial charge in [-0.15, -0.1) is 0 Å². The highest BCUT2D eigenvalue weighted by atomic mass is 16.6. The van der Waals surface area contributed by atoms with Gasteiger partial charge >= 0.3 is 5.63 Å². The van der Waals surface area contributed by atoms with Crippen LogP contribution in [0.25, 0.3) is 21.7 Å². The van der Waals surface area contributed by atoms with Crippen LogP contribution < -0.4 is 20.8 Å². The third-order valence-corrected chi connectivity index (χ3v) is 9.35. The van der Waals surface area contributed by atoms with E-state index < -0.39 is 22.4 Å². The Morgan fingerprint density at radius 1 is 1.05 bits per heavy atom. The fraction of sp³-hybridized carbons (Fsp3) is 0.242. The van der Waals surface area contributed by atoms with Gasteiger partial charge in [0.15, 0.2) is 0 Å². The van der Waals surface area contributed by atoms with Crippen LogP contribution in [0.2, 0.25) is 0 Å². The summed E-state index contributed by atoms with van der Waals surface area (Å²) in [6.45, 7) is 2.61. The van der Waals surface area contributed by atoms with E-state index in [1.165, 1.54) is 6.07 Å². The lowest BCUT2D eigenvalue weighted by Gasteiger charge is -2.32. The number of nitrogen functional groups attached to an aromatic ring is 1. The zero-order valence-electron chi connectivity index (χ0n) is 22.3. The highest BCUT2D eigenvalue weighted by Crippen LogP contribution is 2.93. The Morgan fingerprint density at radius 3 is 2.73 bits per heavy atom. The number of hydrogen-bond acceptors (Lipinski definition) is 7. The van der Waals surface area contributed by atoms with Gasteiger partial charge in [0.25, 0.3) is 5.69 Å². The first-order chi connectivity index (χ1) is 19.9. The number of para-hydroxylation sites is 1. The van der Waals surface area contributed by atoms with Crippen LogP contribution in [0, 0.1) is 15.5 Å². The Balaban J connectivity index is 1.38. The average molecular weight is 547 g/mol. The molecule has 0 radical (unpaired) electrons. The molecule has 41 heavy (non-hydrogen) atoms. The molecule has 1 aromatic heterocycles. The maximum Gasteiger partial charge on any atom is 0.343 e. The predicted molar refractivity (Wildman–Crippen MR) is 155 cm³/mol. The number of rotatable bonds is 6. The molecule has 0 amide bonds. The maximum absolute atomic E-state index is 13.7. The van der Waals surface area contributed by atoms with Crippen LogP contribution in [-0.2, 0) is 5.41 Å². The smallest absolute Gasteiger partial charge is 0.343 e. The molecule has 1 spiro atoms. The van der Waals surface area contributed by atoms with E-state index in [1.54, 1.807) is 18.2 Å². The summed E-state index contributed by atoms with van der Waals surface area (Å²) in [5, 5.41) is 14.2. The summed E-state index contributed by atoms with van der Waals surface area (Å²) in [6.07, 6.45) is 1.38. The van der Waals surface area contributed by atoms with Crippen LogP contribution in [0.15, 0.2) is 88.1 Å². The Kier molecular flexibility index (Phi) is 4.74. The zero-order chi connectivity index (χ0) is 28.1. The number of fused-ring (bicyclic) bond motifs is 5. The fourth-order valence-electron chi connectivity index (χ4n) is 7.46. The molecular formula is C33H26N2O6. The van der Waals surface area contributed by atoms with E-state index in [0.717, 1.165) is 40.1 Å². The molecule has 2 unspecified atom stereocenters. The molecule has 3 aliphatic rings. The molecule has 1 aliphatic heterocycles. The first-order valence-corrected chi connectivity index (χ1v) is 13.8. The molecule has 2 aliphatic carbocycles. The minimum atomic E-state index is -0.451. The van der Waals surface area contributed by atoms with Crippen LogP contribution >= 0.6 is 0 Å². The third kappa shape index (κ3) is 3.02. The second kappa shape index (κ2) is 8.10. The molecule has 8 rings (SSSR count). The minimum Gasteiger partial charge on any atom is -0.494 e. The molecule has 2 saturated carbocycles. The van der Waals surface area contributed by atoms with Gasteiger partial charge in [-0.25, -0.2) is 4.79 Å². The van der Waals surface area contributed by atoms with E-state index in [4.69, 9.17) is 19.6 Å². The van der Waals surface area contributed by atoms with Gasteiger partial charge in [0.2, 0.25) is 0 Å². The highest BCUT2D eigenvalue weighted by molar-refractivity contribution is 5.92. The highest BCUT2D eigenvalue weighted by Gasteiger charge is 2.97. The van der Waals surface area contributed by atoms with E-state index in [1.807, 2.05) is 61.5 Å². The molecule has 5 aromatic rings. The van der Waals surface area contributed by atoms with Crippen LogP contribution in [0.1, 0.15) is 42.4 Å². The van der Waals surface area contributed by atoms with Crippen LogP contribution in [0.4, 0.5) is 11.4 Å². The molecule has 8 heteroatoms. The number of non-ortho nitro benzene ring substituents is 1. The SMILES string of the molecule is CCCOc1ccc(N)c([C@@H]2c3c(c4ccccc4oc3=O)OC3C4(c5cccc6ccc([N+](=O)[O-])cc56)C[C@]324)c1. The lowest BCUT2D eigenvalue weighted by Crippen LogP contribution is -2.31. The van der Waals surface area contributed by atoms with Gasteiger partial charge in [-0.1, -0.05) is 37.3 Å². The molecule has 2 fully saturated rings. The first kappa shape index (κ1) is 24.0. The summed E-state index contributed by atoms with van der Waals surface area (Å²) in [6, 6.07) is 24.0. The van der Waals surface area contributed by atoms with Crippen molar-refractivity contribution in [3.05, 3.63) is 116 Å². The number of nitrogens with two attached hydrogens (primary N) is 1. The van der Waals surface area contributed by atoms with Crippen molar-refractivity contribution in [2.75, 3.05) is 12.3 Å². The number of nitro benzene ring substituents is 1. The number of ether oxygens (including phenoxy) is 2. The second-order valence-electron chi connectivity index (χ2n) is 11.4. The standard InChI is InChI=1S/C33H26N2O6/c1-2-14-39-20-12-13-25(34)23(16-20)28-27-29(21-7-3-4-9-26(21)40-30(27)36)41-31-32(17-33(28,31)32)24-8-5-6-18-10-11-19(35(37)38)15-22(18)24/h3-13,15-16,28,31H,2,14,17,34H2,1H3/t28-,31?,32?,33-/m1/s1. The summed E-state index contributed by atoms with van der Waals surface area (Å²) in [4.78, 5) is 25.0. The van der Waals surface area contributed by atoms with Crippen LogP contribution in [-0.4, -0.2) is 17.6 Å². The van der Waals surface area contributed by atoms with Gasteiger partial charge < -0.3 is 19.6 Å². The Morgan fingerprint density at radius 2 is 1.90 bits per heavy atom. The van der Waals surface area contributed by atoms with Gasteiger partial charge in [-0.2, -0.15) is 0 Å². The van der Waals surface area contributed by atoms with E-state index in [-0.39, 0.29) is 16.7 Å². The number of nitrogens with zero attached hydrogens (tertiary/aromatic N) is 1. The van der Waals surface area contributed by atoms with Gasteiger partial charge in [-0.05, 0) is 71.1 Å². The van der Waals surface area contributed by atoms with Crippen molar-refractivity contribution in [1.29, 1.82) is 0 Å². The molecular weight excluding hydrogens is 520 g/mol. The van der Waals surface area contributed by atoms with Crippen molar-refractivity contribution in [3.63, 3.8) is 0 Å². The van der Waals surface area contributed by atoms with Crippen molar-refractivity contribution in [3.8, 4) is 11.5 Å². The quantitative estimate of drug-likeness (QED) is 0.112. The van der Waals surface area contributed by atoms with Gasteiger partial charge in [0.1, 0.15) is 23.2 Å². The number of hydrogen-bond donors (Lipinski definition) is 1. The van der Waals surface area contributed by atoms with E-state index in [0.29, 0.717) is 34.9 Å². The number of anilines is 1. The molecule has 204 valence electrons. The molecule has 0 saturated heterocycles. The first-order valence-electron chi connectivity index (χ1n) is 13.8. The Hall–Kier alpha value is -4.85. The van der Waals surface area contributed by atoms with Gasteiger partial charge in [0.05, 0.1) is 22.5 Å². The van der Waals surface area contributed by atoms with E-state index >= 15 is 0 Å². The van der Waals surface area contributed by atoms with Crippen molar-refractivity contribution < 1.29 is 18.8 Å². The molecule has 4 atom stereocenters. The average Bonchev–Trinajstić information content (AvgIpc) is 3.83. The third-order valence-electron chi connectivity index (χ3n) is 9.35. The van der Waals surface area contributed by atoms with Gasteiger partial charge in [0, 0.05) is 34.6 Å². The second-order valence-corrected chi connectivity index (χ2v) is 11.4. The van der Waals surface area contributed by atoms with Gasteiger partial charge in [-0.3, -0.25) is 10.1 Å².